The minimum Gasteiger partial charge on any atom is -0.497 e. The standard InChI is InChI=1S/C17H23N3O/c1-3-17-19-15-12-18-10-8-16(15)20(17)11-9-13-4-6-14(21-2)7-5-13/h4-7,18H,3,8-12H2,1-2H3. The summed E-state index contributed by atoms with van der Waals surface area (Å²) in [6.07, 6.45) is 3.12. The number of rotatable bonds is 5. The highest BCUT2D eigenvalue weighted by atomic mass is 16.5. The maximum atomic E-state index is 5.21. The zero-order valence-electron chi connectivity index (χ0n) is 12.9. The van der Waals surface area contributed by atoms with E-state index in [-0.39, 0.29) is 0 Å². The Morgan fingerprint density at radius 1 is 1.29 bits per heavy atom. The van der Waals surface area contributed by atoms with Gasteiger partial charge in [-0.3, -0.25) is 0 Å². The van der Waals surface area contributed by atoms with Crippen LogP contribution in [0.5, 0.6) is 5.75 Å². The van der Waals surface area contributed by atoms with E-state index >= 15 is 0 Å². The van der Waals surface area contributed by atoms with Gasteiger partial charge in [-0.2, -0.15) is 0 Å². The molecule has 0 radical (unpaired) electrons. The van der Waals surface area contributed by atoms with Crippen molar-refractivity contribution in [1.82, 2.24) is 14.9 Å². The zero-order valence-corrected chi connectivity index (χ0v) is 12.9. The van der Waals surface area contributed by atoms with Crippen LogP contribution in [0.25, 0.3) is 0 Å². The molecule has 21 heavy (non-hydrogen) atoms. The SMILES string of the molecule is CCc1nc2c(n1CCc1ccc(OC)cc1)CCNC2. The third-order valence-corrected chi connectivity index (χ3v) is 4.16. The van der Waals surface area contributed by atoms with E-state index in [1.807, 2.05) is 12.1 Å². The molecule has 1 aliphatic heterocycles. The molecule has 3 rings (SSSR count). The summed E-state index contributed by atoms with van der Waals surface area (Å²) in [6.45, 7) is 5.17. The van der Waals surface area contributed by atoms with Crippen molar-refractivity contribution in [2.45, 2.75) is 39.3 Å². The van der Waals surface area contributed by atoms with E-state index in [9.17, 15) is 0 Å². The lowest BCUT2D eigenvalue weighted by Gasteiger charge is -2.16. The summed E-state index contributed by atoms with van der Waals surface area (Å²) in [5, 5.41) is 3.40. The Morgan fingerprint density at radius 3 is 2.81 bits per heavy atom. The van der Waals surface area contributed by atoms with Crippen LogP contribution >= 0.6 is 0 Å². The van der Waals surface area contributed by atoms with Crippen LogP contribution in [0.1, 0.15) is 29.7 Å². The molecule has 1 aromatic carbocycles. The maximum absolute atomic E-state index is 5.21. The minimum absolute atomic E-state index is 0.915. The zero-order chi connectivity index (χ0) is 14.7. The highest BCUT2D eigenvalue weighted by Gasteiger charge is 2.18. The molecule has 4 nitrogen and oxygen atoms in total. The molecule has 0 amide bonds. The Morgan fingerprint density at radius 2 is 2.10 bits per heavy atom. The predicted molar refractivity (Wildman–Crippen MR) is 83.7 cm³/mol. The first-order valence-corrected chi connectivity index (χ1v) is 7.72. The predicted octanol–water partition coefficient (Wildman–Crippen LogP) is 2.34. The summed E-state index contributed by atoms with van der Waals surface area (Å²) in [5.41, 5.74) is 4.01. The highest BCUT2D eigenvalue weighted by Crippen LogP contribution is 2.18. The average molecular weight is 285 g/mol. The third kappa shape index (κ3) is 2.95. The van der Waals surface area contributed by atoms with Gasteiger partial charge in [0.05, 0.1) is 12.8 Å². The van der Waals surface area contributed by atoms with Crippen molar-refractivity contribution in [2.75, 3.05) is 13.7 Å². The molecule has 0 atom stereocenters. The number of nitrogens with zero attached hydrogens (tertiary/aromatic N) is 2. The largest absolute Gasteiger partial charge is 0.497 e. The molecule has 1 aliphatic rings. The number of benzene rings is 1. The van der Waals surface area contributed by atoms with Gasteiger partial charge in [-0.1, -0.05) is 19.1 Å². The first kappa shape index (κ1) is 14.1. The lowest BCUT2D eigenvalue weighted by atomic mass is 10.1. The molecule has 0 aliphatic carbocycles. The van der Waals surface area contributed by atoms with Gasteiger partial charge in [0.25, 0.3) is 0 Å². The molecule has 1 aromatic heterocycles. The Bertz CT molecular complexity index is 601. The number of methoxy groups -OCH3 is 1. The monoisotopic (exact) mass is 285 g/mol. The van der Waals surface area contributed by atoms with Crippen molar-refractivity contribution in [3.63, 3.8) is 0 Å². The number of ether oxygens (including phenoxy) is 1. The van der Waals surface area contributed by atoms with Crippen LogP contribution in [0, 0.1) is 0 Å². The van der Waals surface area contributed by atoms with Crippen molar-refractivity contribution in [3.8, 4) is 5.75 Å². The molecule has 1 N–H and O–H groups in total. The van der Waals surface area contributed by atoms with E-state index in [1.54, 1.807) is 7.11 Å². The number of aromatic nitrogens is 2. The quantitative estimate of drug-likeness (QED) is 0.916. The fourth-order valence-electron chi connectivity index (χ4n) is 2.99. The fourth-order valence-corrected chi connectivity index (χ4v) is 2.99. The van der Waals surface area contributed by atoms with Gasteiger partial charge in [0.15, 0.2) is 0 Å². The van der Waals surface area contributed by atoms with E-state index in [0.717, 1.165) is 44.6 Å². The van der Waals surface area contributed by atoms with Crippen molar-refractivity contribution >= 4 is 0 Å². The Labute approximate surface area is 126 Å². The Balaban J connectivity index is 1.76. The van der Waals surface area contributed by atoms with Crippen LogP contribution in [0.15, 0.2) is 24.3 Å². The number of aryl methyl sites for hydroxylation is 2. The molecule has 0 unspecified atom stereocenters. The molecule has 2 aromatic rings. The molecule has 4 heteroatoms. The molecule has 0 fully saturated rings. The summed E-state index contributed by atoms with van der Waals surface area (Å²) in [5.74, 6) is 2.14. The van der Waals surface area contributed by atoms with Gasteiger partial charge < -0.3 is 14.6 Å². The highest BCUT2D eigenvalue weighted by molar-refractivity contribution is 5.27. The summed E-state index contributed by atoms with van der Waals surface area (Å²) in [6, 6.07) is 8.36. The van der Waals surface area contributed by atoms with Crippen LogP contribution in [0.2, 0.25) is 0 Å². The summed E-state index contributed by atoms with van der Waals surface area (Å²) in [4.78, 5) is 4.79. The topological polar surface area (TPSA) is 39.1 Å². The van der Waals surface area contributed by atoms with Crippen LogP contribution in [-0.4, -0.2) is 23.2 Å². The number of hydrogen-bond donors (Lipinski definition) is 1. The fraction of sp³-hybridized carbons (Fsp3) is 0.471. The molecular weight excluding hydrogens is 262 g/mol. The smallest absolute Gasteiger partial charge is 0.118 e. The van der Waals surface area contributed by atoms with Crippen molar-refractivity contribution in [3.05, 3.63) is 47.0 Å². The number of fused-ring (bicyclic) bond motifs is 1. The first-order chi connectivity index (χ1) is 10.3. The van der Waals surface area contributed by atoms with Gasteiger partial charge >= 0.3 is 0 Å². The molecule has 2 heterocycles. The van der Waals surface area contributed by atoms with Gasteiger partial charge in [-0.05, 0) is 24.1 Å². The summed E-state index contributed by atoms with van der Waals surface area (Å²) in [7, 11) is 1.70. The van der Waals surface area contributed by atoms with Gasteiger partial charge in [-0.25, -0.2) is 4.98 Å². The normalized spacial score (nSPS) is 14.0. The van der Waals surface area contributed by atoms with Crippen molar-refractivity contribution < 1.29 is 4.74 Å². The van der Waals surface area contributed by atoms with Crippen LogP contribution in [0.4, 0.5) is 0 Å². The minimum atomic E-state index is 0.915. The molecule has 0 saturated heterocycles. The van der Waals surface area contributed by atoms with Crippen molar-refractivity contribution in [2.24, 2.45) is 0 Å². The second-order valence-electron chi connectivity index (χ2n) is 5.45. The number of nitrogens with one attached hydrogen (secondary N) is 1. The Hall–Kier alpha value is -1.81. The second kappa shape index (κ2) is 6.31. The third-order valence-electron chi connectivity index (χ3n) is 4.16. The van der Waals surface area contributed by atoms with E-state index in [4.69, 9.17) is 9.72 Å². The lowest BCUT2D eigenvalue weighted by molar-refractivity contribution is 0.414. The van der Waals surface area contributed by atoms with Crippen LogP contribution in [0.3, 0.4) is 0 Å². The number of imidazole rings is 1. The average Bonchev–Trinajstić information content (AvgIpc) is 2.91. The summed E-state index contributed by atoms with van der Waals surface area (Å²) < 4.78 is 7.64. The Kier molecular flexibility index (Phi) is 4.25. The molecular formula is C17H23N3O. The number of hydrogen-bond acceptors (Lipinski definition) is 3. The van der Waals surface area contributed by atoms with E-state index in [1.165, 1.54) is 22.8 Å². The molecule has 0 spiro atoms. The van der Waals surface area contributed by atoms with E-state index < -0.39 is 0 Å². The maximum Gasteiger partial charge on any atom is 0.118 e. The lowest BCUT2D eigenvalue weighted by Crippen LogP contribution is -2.25. The molecule has 0 bridgehead atoms. The summed E-state index contributed by atoms with van der Waals surface area (Å²) >= 11 is 0. The van der Waals surface area contributed by atoms with Crippen LogP contribution < -0.4 is 10.1 Å². The van der Waals surface area contributed by atoms with E-state index in [0.29, 0.717) is 0 Å². The van der Waals surface area contributed by atoms with Crippen molar-refractivity contribution in [1.29, 1.82) is 0 Å². The first-order valence-electron chi connectivity index (χ1n) is 7.72. The van der Waals surface area contributed by atoms with Gasteiger partial charge in [0, 0.05) is 38.2 Å². The van der Waals surface area contributed by atoms with Gasteiger partial charge in [0.2, 0.25) is 0 Å². The molecule has 0 saturated carbocycles. The van der Waals surface area contributed by atoms with E-state index in [2.05, 4.69) is 28.9 Å². The molecule has 112 valence electrons. The van der Waals surface area contributed by atoms with Gasteiger partial charge in [0.1, 0.15) is 11.6 Å². The van der Waals surface area contributed by atoms with Crippen LogP contribution in [-0.2, 0) is 32.4 Å². The van der Waals surface area contributed by atoms with Gasteiger partial charge in [-0.15, -0.1) is 0 Å². The second-order valence-corrected chi connectivity index (χ2v) is 5.45.